The Morgan fingerprint density at radius 1 is 1.23 bits per heavy atom. The Balaban J connectivity index is 2.21. The van der Waals surface area contributed by atoms with Gasteiger partial charge in [0, 0.05) is 42.9 Å². The smallest absolute Gasteiger partial charge is 0.407 e. The zero-order valence-electron chi connectivity index (χ0n) is 18.3. The highest BCUT2D eigenvalue weighted by molar-refractivity contribution is 7.99. The van der Waals surface area contributed by atoms with E-state index in [1.54, 1.807) is 22.7 Å². The number of ether oxygens (including phenoxy) is 2. The highest BCUT2D eigenvalue weighted by atomic mass is 32.2. The van der Waals surface area contributed by atoms with Gasteiger partial charge in [-0.2, -0.15) is 0 Å². The predicted molar refractivity (Wildman–Crippen MR) is 119 cm³/mol. The number of benzene rings is 1. The number of nitrogens with zero attached hydrogens (tertiary/aromatic N) is 2. The molecule has 0 saturated heterocycles. The highest BCUT2D eigenvalue weighted by Gasteiger charge is 2.18. The van der Waals surface area contributed by atoms with Crippen LogP contribution in [0.5, 0.6) is 0 Å². The number of nitrogens with one attached hydrogen (secondary N) is 1. The van der Waals surface area contributed by atoms with Crippen LogP contribution in [-0.2, 0) is 9.47 Å². The quantitative estimate of drug-likeness (QED) is 0.406. The van der Waals surface area contributed by atoms with E-state index >= 15 is 0 Å². The van der Waals surface area contributed by atoms with Gasteiger partial charge in [0.15, 0.2) is 0 Å². The molecule has 30 heavy (non-hydrogen) atoms. The second kappa shape index (κ2) is 9.88. The number of carbonyl (C=O) groups is 2. The number of carbonyl (C=O) groups excluding carboxylic acids is 2. The largest absolute Gasteiger partial charge is 0.462 e. The lowest BCUT2D eigenvalue weighted by Crippen LogP contribution is -2.33. The Hall–Kier alpha value is -2.68. The van der Waals surface area contributed by atoms with E-state index in [2.05, 4.69) is 5.32 Å². The van der Waals surface area contributed by atoms with Crippen molar-refractivity contribution in [3.8, 4) is 0 Å². The zero-order valence-corrected chi connectivity index (χ0v) is 19.1. The number of amides is 1. The number of alkyl carbamates (subject to hydrolysis) is 1. The van der Waals surface area contributed by atoms with Crippen molar-refractivity contribution < 1.29 is 19.1 Å². The van der Waals surface area contributed by atoms with E-state index in [1.165, 1.54) is 18.0 Å². The molecule has 0 fully saturated rings. The van der Waals surface area contributed by atoms with Crippen LogP contribution in [-0.4, -0.2) is 55.3 Å². The first-order valence-corrected chi connectivity index (χ1v) is 10.7. The molecule has 0 aliphatic carbocycles. The van der Waals surface area contributed by atoms with Gasteiger partial charge in [-0.3, -0.25) is 9.47 Å². The molecule has 8 nitrogen and oxygen atoms in total. The van der Waals surface area contributed by atoms with Crippen LogP contribution in [0.3, 0.4) is 0 Å². The Labute approximate surface area is 180 Å². The Bertz CT molecular complexity index is 979. The van der Waals surface area contributed by atoms with Crippen molar-refractivity contribution in [1.82, 2.24) is 9.99 Å². The van der Waals surface area contributed by atoms with Crippen LogP contribution >= 0.6 is 11.8 Å². The minimum absolute atomic E-state index is 0.00760. The van der Waals surface area contributed by atoms with E-state index in [9.17, 15) is 14.4 Å². The van der Waals surface area contributed by atoms with Crippen LogP contribution in [0, 0.1) is 0 Å². The van der Waals surface area contributed by atoms with Crippen LogP contribution in [0.2, 0.25) is 0 Å². The fourth-order valence-electron chi connectivity index (χ4n) is 2.70. The van der Waals surface area contributed by atoms with Gasteiger partial charge in [-0.1, -0.05) is 0 Å². The molecular weight excluding hydrogens is 406 g/mol. The van der Waals surface area contributed by atoms with Gasteiger partial charge in [0.05, 0.1) is 12.1 Å². The molecule has 0 unspecified atom stereocenters. The average Bonchev–Trinajstić information content (AvgIpc) is 2.64. The topological polar surface area (TPSA) is 89.9 Å². The van der Waals surface area contributed by atoms with Crippen molar-refractivity contribution in [3.63, 3.8) is 0 Å². The van der Waals surface area contributed by atoms with Crippen LogP contribution < -0.4 is 15.8 Å². The van der Waals surface area contributed by atoms with Crippen molar-refractivity contribution in [3.05, 3.63) is 40.2 Å². The van der Waals surface area contributed by atoms with Gasteiger partial charge in [0.2, 0.25) is 5.43 Å². The summed E-state index contributed by atoms with van der Waals surface area (Å²) in [7, 11) is 3.65. The summed E-state index contributed by atoms with van der Waals surface area (Å²) < 4.78 is 12.0. The summed E-state index contributed by atoms with van der Waals surface area (Å²) in [5, 5.41) is 4.91. The second-order valence-electron chi connectivity index (χ2n) is 7.74. The van der Waals surface area contributed by atoms with E-state index in [-0.39, 0.29) is 17.6 Å². The van der Waals surface area contributed by atoms with Gasteiger partial charge >= 0.3 is 12.1 Å². The molecule has 1 aromatic carbocycles. The number of hydrogen-bond donors (Lipinski definition) is 1. The molecule has 2 aromatic rings. The second-order valence-corrected chi connectivity index (χ2v) is 8.91. The molecule has 0 bridgehead atoms. The van der Waals surface area contributed by atoms with Crippen molar-refractivity contribution in [2.75, 3.05) is 38.0 Å². The summed E-state index contributed by atoms with van der Waals surface area (Å²) in [6, 6.07) is 5.51. The molecule has 164 valence electrons. The Morgan fingerprint density at radius 2 is 1.93 bits per heavy atom. The normalized spacial score (nSPS) is 11.3. The first-order chi connectivity index (χ1) is 14.0. The summed E-state index contributed by atoms with van der Waals surface area (Å²) in [6.45, 7) is 7.73. The molecule has 1 amide bonds. The van der Waals surface area contributed by atoms with Gasteiger partial charge in [-0.25, -0.2) is 9.59 Å². The number of aromatic nitrogens is 1. The van der Waals surface area contributed by atoms with Gasteiger partial charge < -0.3 is 19.8 Å². The van der Waals surface area contributed by atoms with Crippen molar-refractivity contribution in [2.45, 2.75) is 38.2 Å². The lowest BCUT2D eigenvalue weighted by molar-refractivity contribution is 0.0516. The molecule has 0 saturated carbocycles. The minimum Gasteiger partial charge on any atom is -0.462 e. The minimum atomic E-state index is -0.639. The molecular formula is C21H29N3O5S. The van der Waals surface area contributed by atoms with Crippen molar-refractivity contribution >= 4 is 34.7 Å². The lowest BCUT2D eigenvalue weighted by Gasteiger charge is -2.21. The summed E-state index contributed by atoms with van der Waals surface area (Å²) in [5.74, 6) is -0.0379. The third-order valence-electron chi connectivity index (χ3n) is 3.92. The van der Waals surface area contributed by atoms with Gasteiger partial charge in [0.1, 0.15) is 11.2 Å². The van der Waals surface area contributed by atoms with E-state index in [4.69, 9.17) is 9.47 Å². The van der Waals surface area contributed by atoms with Crippen molar-refractivity contribution in [2.24, 2.45) is 0 Å². The van der Waals surface area contributed by atoms with E-state index in [0.717, 1.165) is 4.90 Å². The summed E-state index contributed by atoms with van der Waals surface area (Å²) in [6.07, 6.45) is 1.04. The molecule has 1 N–H and O–H groups in total. The van der Waals surface area contributed by atoms with Crippen LogP contribution in [0.4, 0.5) is 4.79 Å². The molecule has 0 spiro atoms. The first kappa shape index (κ1) is 23.6. The fourth-order valence-corrected chi connectivity index (χ4v) is 3.51. The third-order valence-corrected chi connectivity index (χ3v) is 4.92. The standard InChI is InChI=1S/C21H29N3O5S/c1-7-28-19(26)16-13-24(23(5)6)17-9-8-14(12-15(17)18(16)25)30-11-10-22-20(27)29-21(2,3)4/h8-9,12-13H,7,10-11H2,1-6H3,(H,22,27). The molecule has 0 atom stereocenters. The lowest BCUT2D eigenvalue weighted by atomic mass is 10.1. The van der Waals surface area contributed by atoms with E-state index < -0.39 is 17.7 Å². The van der Waals surface area contributed by atoms with E-state index in [0.29, 0.717) is 23.2 Å². The van der Waals surface area contributed by atoms with Crippen LogP contribution in [0.15, 0.2) is 34.1 Å². The molecule has 0 aliphatic heterocycles. The molecule has 2 rings (SSSR count). The monoisotopic (exact) mass is 435 g/mol. The van der Waals surface area contributed by atoms with Gasteiger partial charge in [-0.15, -0.1) is 11.8 Å². The maximum atomic E-state index is 12.9. The number of thioether (sulfide) groups is 1. The maximum Gasteiger partial charge on any atom is 0.407 e. The van der Waals surface area contributed by atoms with Gasteiger partial charge in [-0.05, 0) is 45.9 Å². The Morgan fingerprint density at radius 3 is 2.53 bits per heavy atom. The number of rotatable bonds is 7. The zero-order chi connectivity index (χ0) is 22.5. The van der Waals surface area contributed by atoms with Crippen LogP contribution in [0.1, 0.15) is 38.1 Å². The highest BCUT2D eigenvalue weighted by Crippen LogP contribution is 2.22. The van der Waals surface area contributed by atoms with E-state index in [1.807, 2.05) is 47.0 Å². The first-order valence-electron chi connectivity index (χ1n) is 9.67. The Kier molecular flexibility index (Phi) is 7.77. The molecule has 1 heterocycles. The molecule has 1 aromatic heterocycles. The number of pyridine rings is 1. The fraction of sp³-hybridized carbons (Fsp3) is 0.476. The summed E-state index contributed by atoms with van der Waals surface area (Å²) >= 11 is 1.49. The molecule has 9 heteroatoms. The number of esters is 1. The van der Waals surface area contributed by atoms with Crippen molar-refractivity contribution in [1.29, 1.82) is 0 Å². The maximum absolute atomic E-state index is 12.9. The molecule has 0 aliphatic rings. The summed E-state index contributed by atoms with van der Waals surface area (Å²) in [4.78, 5) is 37.7. The summed E-state index contributed by atoms with van der Waals surface area (Å²) in [5.41, 5.74) is -0.226. The number of fused-ring (bicyclic) bond motifs is 1. The third kappa shape index (κ3) is 6.16. The number of hydrogen-bond acceptors (Lipinski definition) is 7. The van der Waals surface area contributed by atoms with Crippen LogP contribution in [0.25, 0.3) is 10.9 Å². The van der Waals surface area contributed by atoms with Gasteiger partial charge in [0.25, 0.3) is 0 Å². The average molecular weight is 436 g/mol. The molecule has 0 radical (unpaired) electrons. The SMILES string of the molecule is CCOC(=O)c1cn(N(C)C)c2ccc(SCCNC(=O)OC(C)(C)C)cc2c1=O. The predicted octanol–water partition coefficient (Wildman–Crippen LogP) is 2.99.